The number of carbonyl (C=O) groups excluding carboxylic acids is 1. The lowest BCUT2D eigenvalue weighted by Gasteiger charge is -2.20. The molecule has 1 rings (SSSR count). The molecule has 0 aliphatic heterocycles. The molecule has 0 amide bonds. The third kappa shape index (κ3) is 7.10. The molecule has 0 aliphatic rings. The van der Waals surface area contributed by atoms with E-state index in [1.165, 1.54) is 6.92 Å². The molecule has 1 atom stereocenters. The Morgan fingerprint density at radius 3 is 2.57 bits per heavy atom. The van der Waals surface area contributed by atoms with E-state index in [-0.39, 0.29) is 5.97 Å². The summed E-state index contributed by atoms with van der Waals surface area (Å²) in [5.74, 6) is -0.361. The Bertz CT molecular complexity index is 584. The lowest BCUT2D eigenvalue weighted by atomic mass is 10.1. The second kappa shape index (κ2) is 7.42. The van der Waals surface area contributed by atoms with Crippen molar-refractivity contribution in [1.82, 2.24) is 4.90 Å². The van der Waals surface area contributed by atoms with Gasteiger partial charge >= 0.3 is 5.97 Å². The molecule has 0 radical (unpaired) electrons. The van der Waals surface area contributed by atoms with E-state index >= 15 is 0 Å². The molecule has 1 unspecified atom stereocenters. The average molecular weight is 314 g/mol. The highest BCUT2D eigenvalue weighted by atomic mass is 32.2. The summed E-state index contributed by atoms with van der Waals surface area (Å²) in [5.41, 5.74) is 1.22. The summed E-state index contributed by atoms with van der Waals surface area (Å²) >= 11 is 0. The molecule has 21 heavy (non-hydrogen) atoms. The van der Waals surface area contributed by atoms with Crippen LogP contribution in [0.4, 0.5) is 5.69 Å². The van der Waals surface area contributed by atoms with E-state index in [9.17, 15) is 13.2 Å². The fourth-order valence-corrected chi connectivity index (χ4v) is 2.44. The van der Waals surface area contributed by atoms with Gasteiger partial charge in [-0.3, -0.25) is 9.52 Å². The van der Waals surface area contributed by atoms with Crippen molar-refractivity contribution in [2.75, 3.05) is 31.6 Å². The van der Waals surface area contributed by atoms with Gasteiger partial charge in [-0.25, -0.2) is 8.42 Å². The summed E-state index contributed by atoms with van der Waals surface area (Å²) in [5, 5.41) is 0. The molecule has 1 N–H and O–H groups in total. The number of rotatable bonds is 7. The van der Waals surface area contributed by atoms with Crippen molar-refractivity contribution in [2.24, 2.45) is 0 Å². The van der Waals surface area contributed by atoms with Gasteiger partial charge in [0.05, 0.1) is 6.26 Å². The third-order valence-electron chi connectivity index (χ3n) is 2.71. The van der Waals surface area contributed by atoms with Gasteiger partial charge in [0, 0.05) is 25.6 Å². The Balaban J connectivity index is 2.95. The van der Waals surface area contributed by atoms with E-state index in [1.807, 2.05) is 25.1 Å². The van der Waals surface area contributed by atoms with Gasteiger partial charge in [-0.05, 0) is 31.8 Å². The second-order valence-corrected chi connectivity index (χ2v) is 6.94. The van der Waals surface area contributed by atoms with Crippen molar-refractivity contribution in [2.45, 2.75) is 19.4 Å². The lowest BCUT2D eigenvalue weighted by Crippen LogP contribution is -2.19. The molecule has 6 nitrogen and oxygen atoms in total. The topological polar surface area (TPSA) is 75.7 Å². The third-order valence-corrected chi connectivity index (χ3v) is 3.31. The van der Waals surface area contributed by atoms with Crippen LogP contribution >= 0.6 is 0 Å². The Morgan fingerprint density at radius 2 is 2.05 bits per heavy atom. The van der Waals surface area contributed by atoms with E-state index in [2.05, 4.69) is 4.72 Å². The van der Waals surface area contributed by atoms with Crippen LogP contribution in [-0.2, 0) is 19.6 Å². The molecule has 1 aromatic rings. The molecule has 7 heteroatoms. The molecule has 0 saturated carbocycles. The molecular formula is C14H22N2O4S. The lowest BCUT2D eigenvalue weighted by molar-refractivity contribution is -0.147. The number of benzene rings is 1. The van der Waals surface area contributed by atoms with Crippen molar-refractivity contribution >= 4 is 21.7 Å². The molecule has 0 spiro atoms. The standard InChI is InChI=1S/C14H22N2O4S/c1-11(17)20-14(8-9-16(2)3)12-6-5-7-13(10-12)15-21(4,18)19/h5-7,10,14-15H,8-9H2,1-4H3. The van der Waals surface area contributed by atoms with Crippen LogP contribution in [0.3, 0.4) is 0 Å². The first-order valence-electron chi connectivity index (χ1n) is 6.57. The van der Waals surface area contributed by atoms with Gasteiger partial charge in [0.15, 0.2) is 0 Å². The fraction of sp³-hybridized carbons (Fsp3) is 0.500. The Labute approximate surface area is 126 Å². The maximum Gasteiger partial charge on any atom is 0.303 e. The second-order valence-electron chi connectivity index (χ2n) is 5.19. The monoisotopic (exact) mass is 314 g/mol. The molecule has 1 aromatic carbocycles. The number of carbonyl (C=O) groups is 1. The van der Waals surface area contributed by atoms with E-state index < -0.39 is 16.1 Å². The average Bonchev–Trinajstić information content (AvgIpc) is 2.32. The van der Waals surface area contributed by atoms with Gasteiger partial charge in [-0.1, -0.05) is 12.1 Å². The van der Waals surface area contributed by atoms with Crippen molar-refractivity contribution in [3.63, 3.8) is 0 Å². The van der Waals surface area contributed by atoms with Crippen LogP contribution in [0, 0.1) is 0 Å². The molecule has 118 valence electrons. The minimum absolute atomic E-state index is 0.361. The Morgan fingerprint density at radius 1 is 1.38 bits per heavy atom. The van der Waals surface area contributed by atoms with Gasteiger partial charge in [0.25, 0.3) is 0 Å². The van der Waals surface area contributed by atoms with Gasteiger partial charge in [0.2, 0.25) is 10.0 Å². The number of nitrogens with zero attached hydrogens (tertiary/aromatic N) is 1. The highest BCUT2D eigenvalue weighted by molar-refractivity contribution is 7.92. The van der Waals surface area contributed by atoms with Gasteiger partial charge < -0.3 is 9.64 Å². The van der Waals surface area contributed by atoms with Crippen molar-refractivity contribution in [3.05, 3.63) is 29.8 Å². The first kappa shape index (κ1) is 17.5. The first-order valence-corrected chi connectivity index (χ1v) is 8.46. The predicted octanol–water partition coefficient (Wildman–Crippen LogP) is 1.61. The van der Waals surface area contributed by atoms with Crippen LogP contribution in [0.5, 0.6) is 0 Å². The molecule has 0 saturated heterocycles. The first-order chi connectivity index (χ1) is 9.67. The highest BCUT2D eigenvalue weighted by Crippen LogP contribution is 2.24. The van der Waals surface area contributed by atoms with Gasteiger partial charge in [-0.2, -0.15) is 0 Å². The van der Waals surface area contributed by atoms with Crippen molar-refractivity contribution in [1.29, 1.82) is 0 Å². The Hall–Kier alpha value is -1.60. The van der Waals surface area contributed by atoms with Crippen LogP contribution in [0.2, 0.25) is 0 Å². The smallest absolute Gasteiger partial charge is 0.303 e. The molecule has 0 heterocycles. The zero-order valence-corrected chi connectivity index (χ0v) is 13.6. The van der Waals surface area contributed by atoms with E-state index in [1.54, 1.807) is 18.2 Å². The number of sulfonamides is 1. The predicted molar refractivity (Wildman–Crippen MR) is 82.6 cm³/mol. The zero-order valence-electron chi connectivity index (χ0n) is 12.8. The highest BCUT2D eigenvalue weighted by Gasteiger charge is 2.16. The molecule has 0 fully saturated rings. The molecule has 0 aromatic heterocycles. The van der Waals surface area contributed by atoms with Crippen LogP contribution in [0.25, 0.3) is 0 Å². The molecular weight excluding hydrogens is 292 g/mol. The van der Waals surface area contributed by atoms with Gasteiger partial charge in [0.1, 0.15) is 6.10 Å². The van der Waals surface area contributed by atoms with Crippen LogP contribution < -0.4 is 4.72 Å². The van der Waals surface area contributed by atoms with Crippen LogP contribution in [0.1, 0.15) is 25.0 Å². The molecule has 0 aliphatic carbocycles. The van der Waals surface area contributed by atoms with Crippen molar-refractivity contribution < 1.29 is 17.9 Å². The van der Waals surface area contributed by atoms with Crippen LogP contribution in [0.15, 0.2) is 24.3 Å². The number of ether oxygens (including phenoxy) is 1. The van der Waals surface area contributed by atoms with E-state index in [4.69, 9.17) is 4.74 Å². The number of anilines is 1. The van der Waals surface area contributed by atoms with Gasteiger partial charge in [-0.15, -0.1) is 0 Å². The number of nitrogens with one attached hydrogen (secondary N) is 1. The normalized spacial score (nSPS) is 13.0. The van der Waals surface area contributed by atoms with E-state index in [0.29, 0.717) is 12.1 Å². The van der Waals surface area contributed by atoms with E-state index in [0.717, 1.165) is 18.4 Å². The summed E-state index contributed by atoms with van der Waals surface area (Å²) in [6, 6.07) is 6.89. The number of esters is 1. The minimum Gasteiger partial charge on any atom is -0.458 e. The molecule has 0 bridgehead atoms. The summed E-state index contributed by atoms with van der Waals surface area (Å²) in [6.45, 7) is 2.11. The maximum atomic E-state index is 11.3. The summed E-state index contributed by atoms with van der Waals surface area (Å²) in [4.78, 5) is 13.2. The van der Waals surface area contributed by atoms with Crippen LogP contribution in [-0.4, -0.2) is 46.2 Å². The minimum atomic E-state index is -3.33. The quantitative estimate of drug-likeness (QED) is 0.774. The van der Waals surface area contributed by atoms with Crippen molar-refractivity contribution in [3.8, 4) is 0 Å². The fourth-order valence-electron chi connectivity index (χ4n) is 1.89. The SMILES string of the molecule is CC(=O)OC(CCN(C)C)c1cccc(NS(C)(=O)=O)c1. The number of hydrogen-bond acceptors (Lipinski definition) is 5. The zero-order chi connectivity index (χ0) is 16.0. The Kier molecular flexibility index (Phi) is 6.17. The summed E-state index contributed by atoms with van der Waals surface area (Å²) < 4.78 is 30.3. The maximum absolute atomic E-state index is 11.3. The summed E-state index contributed by atoms with van der Waals surface area (Å²) in [7, 11) is 0.540. The summed E-state index contributed by atoms with van der Waals surface area (Å²) in [6.07, 6.45) is 1.33. The largest absolute Gasteiger partial charge is 0.458 e. The number of hydrogen-bond donors (Lipinski definition) is 1.